The number of carbonyl (C=O) groups excluding carboxylic acids is 3. The quantitative estimate of drug-likeness (QED) is 0.601. The van der Waals surface area contributed by atoms with Crippen LogP contribution in [0.4, 0.5) is 4.79 Å². The highest BCUT2D eigenvalue weighted by Crippen LogP contribution is 2.31. The third-order valence-electron chi connectivity index (χ3n) is 5.16. The van der Waals surface area contributed by atoms with Gasteiger partial charge in [-0.3, -0.25) is 23.7 Å². The summed E-state index contributed by atoms with van der Waals surface area (Å²) in [7, 11) is 0. The van der Waals surface area contributed by atoms with Crippen molar-refractivity contribution in [2.75, 3.05) is 0 Å². The zero-order valence-corrected chi connectivity index (χ0v) is 15.1. The minimum absolute atomic E-state index is 0.176. The van der Waals surface area contributed by atoms with E-state index in [-0.39, 0.29) is 24.1 Å². The molecule has 0 unspecified atom stereocenters. The van der Waals surface area contributed by atoms with Gasteiger partial charge in [-0.05, 0) is 18.8 Å². The Hall–Kier alpha value is -2.55. The van der Waals surface area contributed by atoms with Crippen molar-refractivity contribution in [3.63, 3.8) is 0 Å². The molecule has 2 fully saturated rings. The Kier molecular flexibility index (Phi) is 4.10. The Morgan fingerprint density at radius 1 is 1.15 bits per heavy atom. The molecule has 1 aliphatic carbocycles. The highest BCUT2D eigenvalue weighted by Gasteiger charge is 2.49. The van der Waals surface area contributed by atoms with Gasteiger partial charge in [0.25, 0.3) is 5.56 Å². The minimum Gasteiger partial charge on any atom is -0.269 e. The fourth-order valence-electron chi connectivity index (χ4n) is 3.77. The van der Waals surface area contributed by atoms with E-state index in [1.807, 2.05) is 6.92 Å². The molecule has 0 N–H and O–H groups in total. The van der Waals surface area contributed by atoms with Crippen molar-refractivity contribution >= 4 is 34.1 Å². The lowest BCUT2D eigenvalue weighted by atomic mass is 9.85. The van der Waals surface area contributed by atoms with Crippen molar-refractivity contribution in [1.82, 2.24) is 19.2 Å². The van der Waals surface area contributed by atoms with Crippen LogP contribution >= 0.6 is 11.3 Å². The molecule has 0 bridgehead atoms. The van der Waals surface area contributed by atoms with Crippen LogP contribution in [0.5, 0.6) is 0 Å². The number of aromatic nitrogens is 2. The van der Waals surface area contributed by atoms with E-state index in [0.29, 0.717) is 10.7 Å². The van der Waals surface area contributed by atoms with Crippen LogP contribution in [0.3, 0.4) is 0 Å². The number of amides is 4. The van der Waals surface area contributed by atoms with Crippen molar-refractivity contribution in [3.05, 3.63) is 33.7 Å². The predicted octanol–water partition coefficient (Wildman–Crippen LogP) is 1.63. The van der Waals surface area contributed by atoms with Gasteiger partial charge in [0.2, 0.25) is 0 Å². The van der Waals surface area contributed by atoms with E-state index in [0.717, 1.165) is 35.5 Å². The van der Waals surface area contributed by atoms with Crippen LogP contribution < -0.4 is 5.56 Å². The first-order valence-electron chi connectivity index (χ1n) is 8.62. The van der Waals surface area contributed by atoms with E-state index in [2.05, 4.69) is 4.98 Å². The topological polar surface area (TPSA) is 92.1 Å². The summed E-state index contributed by atoms with van der Waals surface area (Å²) in [6, 6.07) is 0.444. The Morgan fingerprint density at radius 2 is 1.92 bits per heavy atom. The fraction of sp³-hybridized carbons (Fsp3) is 0.471. The monoisotopic (exact) mass is 374 g/mol. The number of urea groups is 1. The maximum absolute atomic E-state index is 12.8. The molecule has 2 aromatic heterocycles. The third kappa shape index (κ3) is 2.63. The van der Waals surface area contributed by atoms with Crippen molar-refractivity contribution in [3.8, 4) is 0 Å². The normalized spacial score (nSPS) is 24.1. The largest absolute Gasteiger partial charge is 0.334 e. The summed E-state index contributed by atoms with van der Waals surface area (Å²) in [6.45, 7) is 1.83. The maximum atomic E-state index is 12.8. The lowest BCUT2D eigenvalue weighted by Crippen LogP contribution is -2.46. The SMILES string of the molecule is C[C@@H]1CCCC[C@@H]1N1C(=O)C(=O)N(Cc2cc(=O)n3ccsc3n2)C1=O. The number of carbonyl (C=O) groups is 3. The zero-order valence-electron chi connectivity index (χ0n) is 14.3. The first kappa shape index (κ1) is 16.9. The molecule has 1 aliphatic heterocycles. The lowest BCUT2D eigenvalue weighted by molar-refractivity contribution is -0.144. The minimum atomic E-state index is -0.846. The molecule has 4 rings (SSSR count). The fourth-order valence-corrected chi connectivity index (χ4v) is 4.50. The van der Waals surface area contributed by atoms with Crippen LogP contribution in [0.1, 0.15) is 38.3 Å². The molecule has 0 radical (unpaired) electrons. The number of rotatable bonds is 3. The number of thiazole rings is 1. The van der Waals surface area contributed by atoms with Gasteiger partial charge in [-0.2, -0.15) is 0 Å². The van der Waals surface area contributed by atoms with Gasteiger partial charge in [0.1, 0.15) is 0 Å². The first-order chi connectivity index (χ1) is 12.5. The van der Waals surface area contributed by atoms with E-state index < -0.39 is 17.8 Å². The third-order valence-corrected chi connectivity index (χ3v) is 5.91. The van der Waals surface area contributed by atoms with Crippen molar-refractivity contribution in [2.45, 2.75) is 45.2 Å². The van der Waals surface area contributed by atoms with Crippen LogP contribution in [0.25, 0.3) is 4.96 Å². The van der Waals surface area contributed by atoms with E-state index in [4.69, 9.17) is 0 Å². The summed E-state index contributed by atoms with van der Waals surface area (Å²) < 4.78 is 1.39. The summed E-state index contributed by atoms with van der Waals surface area (Å²) in [6.07, 6.45) is 5.28. The van der Waals surface area contributed by atoms with Crippen LogP contribution in [-0.4, -0.2) is 43.1 Å². The molecule has 0 aromatic carbocycles. The maximum Gasteiger partial charge on any atom is 0.334 e. The zero-order chi connectivity index (χ0) is 18.4. The smallest absolute Gasteiger partial charge is 0.269 e. The molecule has 26 heavy (non-hydrogen) atoms. The Bertz CT molecular complexity index is 965. The van der Waals surface area contributed by atoms with Gasteiger partial charge in [-0.1, -0.05) is 19.8 Å². The second-order valence-corrected chi connectivity index (χ2v) is 7.69. The molecule has 3 heterocycles. The van der Waals surface area contributed by atoms with E-state index in [9.17, 15) is 19.2 Å². The highest BCUT2D eigenvalue weighted by molar-refractivity contribution is 7.15. The Labute approximate surface area is 153 Å². The van der Waals surface area contributed by atoms with Crippen LogP contribution in [0.2, 0.25) is 0 Å². The lowest BCUT2D eigenvalue weighted by Gasteiger charge is -2.34. The second kappa shape index (κ2) is 6.31. The molecule has 1 saturated heterocycles. The predicted molar refractivity (Wildman–Crippen MR) is 93.6 cm³/mol. The number of nitrogens with zero attached hydrogens (tertiary/aromatic N) is 4. The average Bonchev–Trinajstić information content (AvgIpc) is 3.16. The van der Waals surface area contributed by atoms with Gasteiger partial charge in [-0.15, -0.1) is 11.3 Å². The number of hydrogen-bond acceptors (Lipinski definition) is 6. The number of imide groups is 2. The van der Waals surface area contributed by atoms with Crippen LogP contribution in [0.15, 0.2) is 22.4 Å². The molecule has 2 aromatic rings. The first-order valence-corrected chi connectivity index (χ1v) is 9.50. The van der Waals surface area contributed by atoms with Crippen LogP contribution in [0, 0.1) is 5.92 Å². The standard InChI is InChI=1S/C17H18N4O4S/c1-10-4-2-3-5-12(10)21-15(24)14(23)20(17(21)25)9-11-8-13(22)19-6-7-26-16(19)18-11/h6-8,10,12H,2-5,9H2,1H3/t10-,12+/m1/s1. The Balaban J connectivity index is 1.62. The van der Waals surface area contributed by atoms with Gasteiger partial charge in [0.15, 0.2) is 4.96 Å². The molecule has 9 heteroatoms. The second-order valence-electron chi connectivity index (χ2n) is 6.82. The van der Waals surface area contributed by atoms with Gasteiger partial charge >= 0.3 is 17.8 Å². The van der Waals surface area contributed by atoms with Crippen LogP contribution in [-0.2, 0) is 16.1 Å². The summed E-state index contributed by atoms with van der Waals surface area (Å²) in [5, 5.41) is 1.73. The van der Waals surface area contributed by atoms with Crippen molar-refractivity contribution in [2.24, 2.45) is 5.92 Å². The van der Waals surface area contributed by atoms with E-state index >= 15 is 0 Å². The molecule has 1 saturated carbocycles. The molecule has 2 aliphatic rings. The van der Waals surface area contributed by atoms with E-state index in [1.54, 1.807) is 11.6 Å². The summed E-state index contributed by atoms with van der Waals surface area (Å²) in [5.74, 6) is -1.45. The number of fused-ring (bicyclic) bond motifs is 1. The average molecular weight is 374 g/mol. The molecule has 2 atom stereocenters. The molecular formula is C17H18N4O4S. The van der Waals surface area contributed by atoms with Gasteiger partial charge < -0.3 is 0 Å². The van der Waals surface area contributed by atoms with Gasteiger partial charge in [-0.25, -0.2) is 14.7 Å². The van der Waals surface area contributed by atoms with Crippen molar-refractivity contribution < 1.29 is 14.4 Å². The molecule has 4 amide bonds. The van der Waals surface area contributed by atoms with Gasteiger partial charge in [0, 0.05) is 23.7 Å². The molecule has 0 spiro atoms. The van der Waals surface area contributed by atoms with E-state index in [1.165, 1.54) is 21.8 Å². The summed E-state index contributed by atoms with van der Waals surface area (Å²) in [5.41, 5.74) is 0.0138. The highest BCUT2D eigenvalue weighted by atomic mass is 32.1. The van der Waals surface area contributed by atoms with Gasteiger partial charge in [0.05, 0.1) is 12.2 Å². The molecular weight excluding hydrogens is 356 g/mol. The number of hydrogen-bond donors (Lipinski definition) is 0. The summed E-state index contributed by atoms with van der Waals surface area (Å²) >= 11 is 1.29. The van der Waals surface area contributed by atoms with Crippen molar-refractivity contribution in [1.29, 1.82) is 0 Å². The molecule has 136 valence electrons. The summed E-state index contributed by atoms with van der Waals surface area (Å²) in [4.78, 5) is 56.5. The Morgan fingerprint density at radius 3 is 2.69 bits per heavy atom. The molecule has 8 nitrogen and oxygen atoms in total.